The van der Waals surface area contributed by atoms with E-state index in [0.29, 0.717) is 12.3 Å². The molecule has 1 unspecified atom stereocenters. The molecule has 96 valence electrons. The average Bonchev–Trinajstić information content (AvgIpc) is 2.85. The van der Waals surface area contributed by atoms with Gasteiger partial charge in [-0.05, 0) is 42.5 Å². The van der Waals surface area contributed by atoms with E-state index in [0.717, 1.165) is 25.8 Å². The molecule has 0 N–H and O–H groups in total. The van der Waals surface area contributed by atoms with E-state index in [2.05, 4.69) is 20.8 Å². The lowest BCUT2D eigenvalue weighted by atomic mass is 9.85. The molecule has 4 nitrogen and oxygen atoms in total. The van der Waals surface area contributed by atoms with Crippen LogP contribution in [0.3, 0.4) is 0 Å². The fourth-order valence-corrected chi connectivity index (χ4v) is 2.83. The highest BCUT2D eigenvalue weighted by atomic mass is 15.3. The first-order chi connectivity index (χ1) is 9.38. The molecule has 0 aliphatic heterocycles. The Balaban J connectivity index is 1.87. The Labute approximate surface area is 112 Å². The van der Waals surface area contributed by atoms with Crippen molar-refractivity contribution >= 4 is 0 Å². The van der Waals surface area contributed by atoms with Crippen LogP contribution in [0.25, 0.3) is 0 Å². The Morgan fingerprint density at radius 3 is 3.00 bits per heavy atom. The summed E-state index contributed by atoms with van der Waals surface area (Å²) < 4.78 is 2.08. The number of pyridine rings is 1. The number of hydrogen-bond donors (Lipinski definition) is 0. The summed E-state index contributed by atoms with van der Waals surface area (Å²) in [5.74, 6) is 0.375. The van der Waals surface area contributed by atoms with Crippen molar-refractivity contribution in [3.05, 3.63) is 47.5 Å². The largest absolute Gasteiger partial charge is 0.265 e. The summed E-state index contributed by atoms with van der Waals surface area (Å²) >= 11 is 0. The van der Waals surface area contributed by atoms with Crippen LogP contribution in [0.1, 0.15) is 42.0 Å². The molecule has 0 saturated heterocycles. The van der Waals surface area contributed by atoms with Crippen molar-refractivity contribution in [2.24, 2.45) is 0 Å². The number of hydrogen-bond acceptors (Lipinski definition) is 3. The van der Waals surface area contributed by atoms with Gasteiger partial charge < -0.3 is 0 Å². The van der Waals surface area contributed by atoms with Crippen LogP contribution < -0.4 is 0 Å². The van der Waals surface area contributed by atoms with Gasteiger partial charge in [-0.2, -0.15) is 10.4 Å². The molecule has 0 radical (unpaired) electrons. The maximum absolute atomic E-state index is 8.90. The zero-order chi connectivity index (χ0) is 13.1. The Kier molecular flexibility index (Phi) is 3.28. The summed E-state index contributed by atoms with van der Waals surface area (Å²) in [6, 6.07) is 6.33. The number of aromatic nitrogens is 3. The molecule has 1 aliphatic carbocycles. The van der Waals surface area contributed by atoms with E-state index >= 15 is 0 Å². The predicted molar refractivity (Wildman–Crippen MR) is 71.5 cm³/mol. The number of nitriles is 1. The van der Waals surface area contributed by atoms with Crippen molar-refractivity contribution in [2.45, 2.75) is 38.1 Å². The summed E-state index contributed by atoms with van der Waals surface area (Å²) in [6.45, 7) is 0.789. The van der Waals surface area contributed by atoms with Crippen molar-refractivity contribution in [1.82, 2.24) is 14.8 Å². The van der Waals surface area contributed by atoms with E-state index in [1.807, 2.05) is 30.7 Å². The molecule has 0 saturated carbocycles. The van der Waals surface area contributed by atoms with Crippen molar-refractivity contribution in [2.75, 3.05) is 0 Å². The van der Waals surface area contributed by atoms with Crippen LogP contribution in [0.4, 0.5) is 0 Å². The lowest BCUT2D eigenvalue weighted by Crippen LogP contribution is -2.13. The molecule has 0 aromatic carbocycles. The van der Waals surface area contributed by atoms with Crippen molar-refractivity contribution in [3.63, 3.8) is 0 Å². The lowest BCUT2D eigenvalue weighted by molar-refractivity contribution is 0.532. The minimum Gasteiger partial charge on any atom is -0.265 e. The van der Waals surface area contributed by atoms with E-state index in [1.54, 1.807) is 0 Å². The van der Waals surface area contributed by atoms with Gasteiger partial charge in [-0.15, -0.1) is 0 Å². The molecular formula is C15H16N4. The quantitative estimate of drug-likeness (QED) is 0.843. The standard InChI is InChI=1S/C15H16N4/c16-7-4-13-2-1-3-15-14(13)10-18-19(15)11-12-5-8-17-9-6-12/h5-6,8-10,13H,1-4,11H2. The zero-order valence-corrected chi connectivity index (χ0v) is 10.8. The summed E-state index contributed by atoms with van der Waals surface area (Å²) in [7, 11) is 0. The van der Waals surface area contributed by atoms with Crippen molar-refractivity contribution in [3.8, 4) is 6.07 Å². The van der Waals surface area contributed by atoms with E-state index < -0.39 is 0 Å². The van der Waals surface area contributed by atoms with Crippen molar-refractivity contribution in [1.29, 1.82) is 5.26 Å². The third-order valence-corrected chi connectivity index (χ3v) is 3.81. The highest BCUT2D eigenvalue weighted by Crippen LogP contribution is 2.33. The second-order valence-electron chi connectivity index (χ2n) is 5.01. The van der Waals surface area contributed by atoms with Crippen LogP contribution in [0.5, 0.6) is 0 Å². The van der Waals surface area contributed by atoms with Gasteiger partial charge in [0.15, 0.2) is 0 Å². The first kappa shape index (κ1) is 11.9. The van der Waals surface area contributed by atoms with Gasteiger partial charge in [0.2, 0.25) is 0 Å². The normalized spacial score (nSPS) is 17.7. The second kappa shape index (κ2) is 5.23. The predicted octanol–water partition coefficient (Wildman–Crippen LogP) is 2.66. The maximum Gasteiger partial charge on any atom is 0.0663 e. The number of nitrogens with zero attached hydrogens (tertiary/aromatic N) is 4. The van der Waals surface area contributed by atoms with E-state index in [-0.39, 0.29) is 0 Å². The highest BCUT2D eigenvalue weighted by molar-refractivity contribution is 5.27. The molecule has 0 fully saturated rings. The van der Waals surface area contributed by atoms with Crippen LogP contribution in [0, 0.1) is 11.3 Å². The molecule has 4 heteroatoms. The van der Waals surface area contributed by atoms with Crippen LogP contribution >= 0.6 is 0 Å². The SMILES string of the molecule is N#CCC1CCCc2c1cnn2Cc1ccncc1. The molecule has 1 atom stereocenters. The smallest absolute Gasteiger partial charge is 0.0663 e. The molecule has 0 spiro atoms. The Morgan fingerprint density at radius 1 is 1.37 bits per heavy atom. The summed E-state index contributed by atoms with van der Waals surface area (Å²) in [5.41, 5.74) is 3.80. The molecule has 2 aromatic heterocycles. The van der Waals surface area contributed by atoms with E-state index in [4.69, 9.17) is 5.26 Å². The van der Waals surface area contributed by atoms with Crippen LogP contribution in [-0.2, 0) is 13.0 Å². The second-order valence-corrected chi connectivity index (χ2v) is 5.01. The minimum atomic E-state index is 0.375. The molecule has 0 amide bonds. The molecule has 3 rings (SSSR count). The number of fused-ring (bicyclic) bond motifs is 1. The van der Waals surface area contributed by atoms with Gasteiger partial charge in [-0.25, -0.2) is 0 Å². The minimum absolute atomic E-state index is 0.375. The van der Waals surface area contributed by atoms with Crippen LogP contribution in [-0.4, -0.2) is 14.8 Å². The van der Waals surface area contributed by atoms with Crippen LogP contribution in [0.2, 0.25) is 0 Å². The van der Waals surface area contributed by atoms with Gasteiger partial charge in [-0.1, -0.05) is 0 Å². The maximum atomic E-state index is 8.90. The van der Waals surface area contributed by atoms with Gasteiger partial charge in [0, 0.05) is 30.4 Å². The zero-order valence-electron chi connectivity index (χ0n) is 10.8. The molecule has 2 aromatic rings. The van der Waals surface area contributed by atoms with Crippen molar-refractivity contribution < 1.29 is 0 Å². The average molecular weight is 252 g/mol. The number of rotatable bonds is 3. The Hall–Kier alpha value is -2.15. The third kappa shape index (κ3) is 2.37. The lowest BCUT2D eigenvalue weighted by Gasteiger charge is -2.21. The Morgan fingerprint density at radius 2 is 2.21 bits per heavy atom. The first-order valence-corrected chi connectivity index (χ1v) is 6.69. The topological polar surface area (TPSA) is 54.5 Å². The highest BCUT2D eigenvalue weighted by Gasteiger charge is 2.23. The van der Waals surface area contributed by atoms with Gasteiger partial charge in [0.05, 0.1) is 18.8 Å². The first-order valence-electron chi connectivity index (χ1n) is 6.69. The van der Waals surface area contributed by atoms with E-state index in [1.165, 1.54) is 16.8 Å². The molecule has 19 heavy (non-hydrogen) atoms. The van der Waals surface area contributed by atoms with Gasteiger partial charge in [0.1, 0.15) is 0 Å². The van der Waals surface area contributed by atoms with Crippen LogP contribution in [0.15, 0.2) is 30.7 Å². The monoisotopic (exact) mass is 252 g/mol. The fraction of sp³-hybridized carbons (Fsp3) is 0.400. The molecule has 1 aliphatic rings. The summed E-state index contributed by atoms with van der Waals surface area (Å²) in [5, 5.41) is 13.4. The molecule has 0 bridgehead atoms. The van der Waals surface area contributed by atoms with Gasteiger partial charge >= 0.3 is 0 Å². The van der Waals surface area contributed by atoms with Gasteiger partial charge in [-0.3, -0.25) is 9.67 Å². The Bertz CT molecular complexity index is 594. The van der Waals surface area contributed by atoms with E-state index in [9.17, 15) is 0 Å². The summed E-state index contributed by atoms with van der Waals surface area (Å²) in [4.78, 5) is 4.03. The van der Waals surface area contributed by atoms with Gasteiger partial charge in [0.25, 0.3) is 0 Å². The third-order valence-electron chi connectivity index (χ3n) is 3.81. The fourth-order valence-electron chi connectivity index (χ4n) is 2.83. The molecular weight excluding hydrogens is 236 g/mol. The summed E-state index contributed by atoms with van der Waals surface area (Å²) in [6.07, 6.45) is 9.52. The molecule has 2 heterocycles.